The standard InChI is InChI=1S/C32H40O12/c1-15(33)39-19-13-29(6)25(18-9-10-38-14-18)42-27(37)26-32(29,44-26)31(8)22(41-17(3)35)11-20-28(4,5)43-23(36)12-21(40-16(2)34)30(20,7)24(19)31/h9-10,14,19-22,24-26H,11-13H2,1-8H3/t19-,20-,21-,22+,24+,25-,26+,29-,30+,31+,32+/m0/s1. The fourth-order valence-electron chi connectivity index (χ4n) is 10.3. The van der Waals surface area contributed by atoms with Crippen LogP contribution in [0.25, 0.3) is 0 Å². The summed E-state index contributed by atoms with van der Waals surface area (Å²) in [5.74, 6) is -4.07. The van der Waals surface area contributed by atoms with E-state index in [4.69, 9.17) is 32.8 Å². The molecular weight excluding hydrogens is 576 g/mol. The summed E-state index contributed by atoms with van der Waals surface area (Å²) in [4.78, 5) is 65.0. The summed E-state index contributed by atoms with van der Waals surface area (Å²) in [6.45, 7) is 13.2. The average Bonchev–Trinajstić information content (AvgIpc) is 3.47. The summed E-state index contributed by atoms with van der Waals surface area (Å²) in [7, 11) is 0. The van der Waals surface area contributed by atoms with E-state index in [1.807, 2.05) is 20.8 Å². The number of carbonyl (C=O) groups excluding carboxylic acids is 5. The Balaban J connectivity index is 1.65. The van der Waals surface area contributed by atoms with Crippen LogP contribution in [0, 0.1) is 28.1 Å². The Morgan fingerprint density at radius 1 is 0.886 bits per heavy atom. The zero-order valence-electron chi connectivity index (χ0n) is 26.3. The zero-order valence-corrected chi connectivity index (χ0v) is 26.3. The van der Waals surface area contributed by atoms with Gasteiger partial charge in [-0.3, -0.25) is 19.2 Å². The van der Waals surface area contributed by atoms with E-state index in [0.717, 1.165) is 0 Å². The molecule has 1 aromatic rings. The van der Waals surface area contributed by atoms with Crippen LogP contribution < -0.4 is 0 Å². The first-order valence-electron chi connectivity index (χ1n) is 15.1. The molecule has 12 nitrogen and oxygen atoms in total. The SMILES string of the molecule is CC(=O)O[C@H]1C[C@@]2(C)[C@H](c3ccoc3)OC(=O)[C@H]3O[C@]32[C@@]2(C)[C@H]1[C@@]1(C)[C@@H](OC(C)=O)CC(=O)OC(C)(C)[C@@H]1C[C@H]2OC(C)=O. The molecule has 0 amide bonds. The van der Waals surface area contributed by atoms with Crippen molar-refractivity contribution in [2.45, 2.75) is 116 Å². The van der Waals surface area contributed by atoms with Crippen LogP contribution in [0.3, 0.4) is 0 Å². The average molecular weight is 617 g/mol. The largest absolute Gasteiger partial charge is 0.472 e. The van der Waals surface area contributed by atoms with Gasteiger partial charge in [0.1, 0.15) is 35.6 Å². The van der Waals surface area contributed by atoms with E-state index >= 15 is 0 Å². The van der Waals surface area contributed by atoms with Gasteiger partial charge in [-0.05, 0) is 32.8 Å². The predicted molar refractivity (Wildman–Crippen MR) is 147 cm³/mol. The molecule has 0 bridgehead atoms. The lowest BCUT2D eigenvalue weighted by Gasteiger charge is -2.69. The topological polar surface area (TPSA) is 157 Å². The van der Waals surface area contributed by atoms with Crippen molar-refractivity contribution in [3.8, 4) is 0 Å². The van der Waals surface area contributed by atoms with Crippen molar-refractivity contribution in [1.82, 2.24) is 0 Å². The Hall–Kier alpha value is -3.41. The van der Waals surface area contributed by atoms with E-state index in [9.17, 15) is 24.0 Å². The molecule has 6 rings (SSSR count). The smallest absolute Gasteiger partial charge is 0.339 e. The van der Waals surface area contributed by atoms with E-state index < -0.39 is 99.6 Å². The second-order valence-electron chi connectivity index (χ2n) is 14.3. The summed E-state index contributed by atoms with van der Waals surface area (Å²) < 4.78 is 42.2. The van der Waals surface area contributed by atoms with Crippen LogP contribution in [0.1, 0.15) is 86.3 Å². The number of carbonyl (C=O) groups is 5. The molecule has 240 valence electrons. The van der Waals surface area contributed by atoms with Crippen LogP contribution in [-0.2, 0) is 52.4 Å². The number of rotatable bonds is 4. The lowest BCUT2D eigenvalue weighted by molar-refractivity contribution is -0.303. The Bertz CT molecular complexity index is 1420. The Kier molecular flexibility index (Phi) is 6.64. The van der Waals surface area contributed by atoms with Crippen LogP contribution in [0.4, 0.5) is 0 Å². The van der Waals surface area contributed by atoms with Gasteiger partial charge in [0.25, 0.3) is 0 Å². The van der Waals surface area contributed by atoms with E-state index in [1.165, 1.54) is 33.3 Å². The van der Waals surface area contributed by atoms with Gasteiger partial charge in [0, 0.05) is 54.4 Å². The molecule has 0 unspecified atom stereocenters. The van der Waals surface area contributed by atoms with Gasteiger partial charge in [0.2, 0.25) is 0 Å². The van der Waals surface area contributed by atoms with Crippen LogP contribution in [0.5, 0.6) is 0 Å². The number of cyclic esters (lactones) is 2. The second kappa shape index (κ2) is 9.55. The maximum absolute atomic E-state index is 13.6. The number of ether oxygens (including phenoxy) is 6. The summed E-state index contributed by atoms with van der Waals surface area (Å²) in [6.07, 6.45) is -1.44. The summed E-state index contributed by atoms with van der Waals surface area (Å²) in [6, 6.07) is 1.71. The first-order chi connectivity index (χ1) is 20.4. The van der Waals surface area contributed by atoms with Gasteiger partial charge in [0.05, 0.1) is 18.9 Å². The van der Waals surface area contributed by atoms with Gasteiger partial charge >= 0.3 is 29.8 Å². The van der Waals surface area contributed by atoms with Crippen molar-refractivity contribution in [2.24, 2.45) is 28.1 Å². The van der Waals surface area contributed by atoms with E-state index in [2.05, 4.69) is 0 Å². The quantitative estimate of drug-likeness (QED) is 0.275. The number of epoxide rings is 1. The molecule has 3 saturated heterocycles. The molecule has 1 aromatic heterocycles. The number of hydrogen-bond acceptors (Lipinski definition) is 12. The first-order valence-corrected chi connectivity index (χ1v) is 15.1. The summed E-state index contributed by atoms with van der Waals surface area (Å²) in [5, 5.41) is 0. The summed E-state index contributed by atoms with van der Waals surface area (Å²) >= 11 is 0. The minimum Gasteiger partial charge on any atom is -0.472 e. The number of hydrogen-bond donors (Lipinski definition) is 0. The third kappa shape index (κ3) is 3.88. The molecule has 3 aliphatic heterocycles. The molecule has 5 fully saturated rings. The third-order valence-electron chi connectivity index (χ3n) is 11.5. The Morgan fingerprint density at radius 3 is 2.11 bits per heavy atom. The van der Waals surface area contributed by atoms with Crippen LogP contribution in [0.2, 0.25) is 0 Å². The van der Waals surface area contributed by atoms with Crippen molar-refractivity contribution in [3.63, 3.8) is 0 Å². The highest BCUT2D eigenvalue weighted by Gasteiger charge is 2.90. The molecule has 4 heterocycles. The van der Waals surface area contributed by atoms with Crippen LogP contribution >= 0.6 is 0 Å². The van der Waals surface area contributed by atoms with Crippen LogP contribution in [0.15, 0.2) is 23.0 Å². The van der Waals surface area contributed by atoms with Crippen molar-refractivity contribution in [2.75, 3.05) is 0 Å². The molecule has 0 N–H and O–H groups in total. The van der Waals surface area contributed by atoms with E-state index in [1.54, 1.807) is 19.9 Å². The zero-order chi connectivity index (χ0) is 32.2. The van der Waals surface area contributed by atoms with Gasteiger partial charge < -0.3 is 32.8 Å². The highest BCUT2D eigenvalue weighted by molar-refractivity contribution is 5.83. The van der Waals surface area contributed by atoms with Gasteiger partial charge in [-0.15, -0.1) is 0 Å². The maximum atomic E-state index is 13.6. The molecule has 2 aliphatic carbocycles. The predicted octanol–water partition coefficient (Wildman–Crippen LogP) is 3.59. The van der Waals surface area contributed by atoms with Gasteiger partial charge in [-0.2, -0.15) is 0 Å². The highest BCUT2D eigenvalue weighted by atomic mass is 16.7. The molecule has 5 aliphatic rings. The fourth-order valence-corrected chi connectivity index (χ4v) is 10.3. The molecule has 1 spiro atoms. The normalized spacial score (nSPS) is 45.0. The fraction of sp³-hybridized carbons (Fsp3) is 0.719. The lowest BCUT2D eigenvalue weighted by Crippen LogP contribution is -2.77. The Labute approximate surface area is 255 Å². The molecule has 2 saturated carbocycles. The number of fused-ring (bicyclic) bond motifs is 3. The highest BCUT2D eigenvalue weighted by Crippen LogP contribution is 2.80. The molecule has 12 heteroatoms. The van der Waals surface area contributed by atoms with Gasteiger partial charge in [-0.1, -0.05) is 20.8 Å². The van der Waals surface area contributed by atoms with Crippen molar-refractivity contribution < 1.29 is 56.8 Å². The van der Waals surface area contributed by atoms with Crippen molar-refractivity contribution >= 4 is 29.8 Å². The third-order valence-corrected chi connectivity index (χ3v) is 11.5. The molecule has 0 aromatic carbocycles. The van der Waals surface area contributed by atoms with E-state index in [0.29, 0.717) is 5.56 Å². The number of esters is 5. The van der Waals surface area contributed by atoms with Gasteiger partial charge in [0.15, 0.2) is 6.10 Å². The van der Waals surface area contributed by atoms with Crippen molar-refractivity contribution in [3.05, 3.63) is 24.2 Å². The minimum absolute atomic E-state index is 0.184. The number of furan rings is 1. The lowest BCUT2D eigenvalue weighted by atomic mass is 9.35. The molecule has 0 radical (unpaired) electrons. The van der Waals surface area contributed by atoms with Gasteiger partial charge in [-0.25, -0.2) is 4.79 Å². The second-order valence-corrected chi connectivity index (χ2v) is 14.3. The molecule has 11 atom stereocenters. The molecular formula is C32H40O12. The summed E-state index contributed by atoms with van der Waals surface area (Å²) in [5.41, 5.74) is -5.06. The first kappa shape index (κ1) is 30.6. The van der Waals surface area contributed by atoms with Crippen molar-refractivity contribution in [1.29, 1.82) is 0 Å². The minimum atomic E-state index is -1.26. The maximum Gasteiger partial charge on any atom is 0.339 e. The molecule has 44 heavy (non-hydrogen) atoms. The Morgan fingerprint density at radius 2 is 1.52 bits per heavy atom. The van der Waals surface area contributed by atoms with Crippen LogP contribution in [-0.4, -0.2) is 65.5 Å². The van der Waals surface area contributed by atoms with E-state index in [-0.39, 0.29) is 19.3 Å². The monoisotopic (exact) mass is 616 g/mol.